The second-order valence-corrected chi connectivity index (χ2v) is 5.28. The van der Waals surface area contributed by atoms with Gasteiger partial charge in [0.2, 0.25) is 5.91 Å². The Morgan fingerprint density at radius 1 is 1.35 bits per heavy atom. The van der Waals surface area contributed by atoms with E-state index >= 15 is 0 Å². The number of fused-ring (bicyclic) bond motifs is 1. The van der Waals surface area contributed by atoms with Gasteiger partial charge in [-0.3, -0.25) is 9.59 Å². The van der Waals surface area contributed by atoms with Crippen LogP contribution in [0.25, 0.3) is 10.9 Å². The number of aromatic nitrogens is 2. The first kappa shape index (κ1) is 14.8. The van der Waals surface area contributed by atoms with Crippen LogP contribution in [0, 0.1) is 6.92 Å². The Balaban J connectivity index is 1.65. The van der Waals surface area contributed by atoms with Gasteiger partial charge in [-0.1, -0.05) is 23.4 Å². The van der Waals surface area contributed by atoms with Crippen molar-refractivity contribution in [3.8, 4) is 0 Å². The predicted molar refractivity (Wildman–Crippen MR) is 83.5 cm³/mol. The van der Waals surface area contributed by atoms with Gasteiger partial charge in [-0.15, -0.1) is 0 Å². The van der Waals surface area contributed by atoms with Crippen LogP contribution in [-0.2, 0) is 17.9 Å². The highest BCUT2D eigenvalue weighted by molar-refractivity contribution is 5.90. The highest BCUT2D eigenvalue weighted by Crippen LogP contribution is 2.20. The molecule has 0 bridgehead atoms. The van der Waals surface area contributed by atoms with E-state index in [-0.39, 0.29) is 24.7 Å². The maximum absolute atomic E-state index is 12.1. The summed E-state index contributed by atoms with van der Waals surface area (Å²) in [6.45, 7) is 2.36. The van der Waals surface area contributed by atoms with Crippen molar-refractivity contribution >= 4 is 22.7 Å². The molecular weight excluding hydrogens is 296 g/mol. The summed E-state index contributed by atoms with van der Waals surface area (Å²) in [5, 5.41) is 7.37. The van der Waals surface area contributed by atoms with E-state index in [9.17, 15) is 9.59 Å². The van der Waals surface area contributed by atoms with Crippen LogP contribution in [0.15, 0.2) is 41.1 Å². The van der Waals surface area contributed by atoms with E-state index in [2.05, 4.69) is 10.5 Å². The maximum Gasteiger partial charge on any atom is 0.270 e. The number of aryl methyl sites for hydroxylation is 1. The van der Waals surface area contributed by atoms with Gasteiger partial charge in [0, 0.05) is 23.2 Å². The van der Waals surface area contributed by atoms with Gasteiger partial charge in [-0.05, 0) is 18.6 Å². The number of primary amides is 1. The third-order valence-electron chi connectivity index (χ3n) is 3.57. The van der Waals surface area contributed by atoms with Crippen LogP contribution in [0.5, 0.6) is 0 Å². The Labute approximate surface area is 132 Å². The zero-order valence-electron chi connectivity index (χ0n) is 12.6. The summed E-state index contributed by atoms with van der Waals surface area (Å²) in [5.41, 5.74) is 7.26. The molecule has 7 heteroatoms. The second kappa shape index (κ2) is 5.96. The van der Waals surface area contributed by atoms with Gasteiger partial charge >= 0.3 is 0 Å². The molecule has 0 aliphatic heterocycles. The average Bonchev–Trinajstić information content (AvgIpc) is 3.12. The molecule has 23 heavy (non-hydrogen) atoms. The van der Waals surface area contributed by atoms with Crippen molar-refractivity contribution < 1.29 is 14.1 Å². The lowest BCUT2D eigenvalue weighted by Crippen LogP contribution is -2.26. The molecule has 0 radical (unpaired) electrons. The smallest absolute Gasteiger partial charge is 0.270 e. The van der Waals surface area contributed by atoms with Crippen LogP contribution < -0.4 is 11.1 Å². The Morgan fingerprint density at radius 3 is 2.87 bits per heavy atom. The van der Waals surface area contributed by atoms with Crippen LogP contribution >= 0.6 is 0 Å². The quantitative estimate of drug-likeness (QED) is 0.742. The zero-order chi connectivity index (χ0) is 16.4. The molecule has 3 rings (SSSR count). The zero-order valence-corrected chi connectivity index (χ0v) is 12.6. The van der Waals surface area contributed by atoms with Crippen molar-refractivity contribution in [2.75, 3.05) is 0 Å². The number of para-hydroxylation sites is 1. The van der Waals surface area contributed by atoms with Gasteiger partial charge < -0.3 is 20.1 Å². The molecule has 0 unspecified atom stereocenters. The lowest BCUT2D eigenvalue weighted by atomic mass is 10.2. The van der Waals surface area contributed by atoms with E-state index in [4.69, 9.17) is 10.3 Å². The van der Waals surface area contributed by atoms with E-state index < -0.39 is 5.91 Å². The SMILES string of the molecule is Cc1cn(CC(=O)NCc2cc(C(N)=O)no2)c2ccccc12. The number of nitrogens with one attached hydrogen (secondary N) is 1. The highest BCUT2D eigenvalue weighted by Gasteiger charge is 2.11. The number of hydrogen-bond acceptors (Lipinski definition) is 4. The largest absolute Gasteiger partial charge is 0.364 e. The third kappa shape index (κ3) is 3.08. The minimum absolute atomic E-state index is 0.0428. The Kier molecular flexibility index (Phi) is 3.84. The van der Waals surface area contributed by atoms with Crippen molar-refractivity contribution in [2.24, 2.45) is 5.73 Å². The van der Waals surface area contributed by atoms with Crippen molar-refractivity contribution in [3.05, 3.63) is 53.5 Å². The summed E-state index contributed by atoms with van der Waals surface area (Å²) in [6.07, 6.45) is 1.95. The third-order valence-corrected chi connectivity index (χ3v) is 3.57. The summed E-state index contributed by atoms with van der Waals surface area (Å²) < 4.78 is 6.83. The number of amides is 2. The Hall–Kier alpha value is -3.09. The number of nitrogens with two attached hydrogens (primary N) is 1. The van der Waals surface area contributed by atoms with E-state index in [1.165, 1.54) is 6.07 Å². The van der Waals surface area contributed by atoms with Crippen molar-refractivity contribution in [1.82, 2.24) is 15.0 Å². The molecule has 3 N–H and O–H groups in total. The maximum atomic E-state index is 12.1. The van der Waals surface area contributed by atoms with E-state index in [0.717, 1.165) is 16.5 Å². The van der Waals surface area contributed by atoms with Gasteiger partial charge in [0.1, 0.15) is 6.54 Å². The first-order chi connectivity index (χ1) is 11.0. The second-order valence-electron chi connectivity index (χ2n) is 5.28. The van der Waals surface area contributed by atoms with Gasteiger partial charge in [0.05, 0.1) is 6.54 Å². The number of carbonyl (C=O) groups is 2. The molecule has 7 nitrogen and oxygen atoms in total. The van der Waals surface area contributed by atoms with E-state index in [1.807, 2.05) is 42.0 Å². The summed E-state index contributed by atoms with van der Waals surface area (Å²) >= 11 is 0. The molecular formula is C16H16N4O3. The number of nitrogens with zero attached hydrogens (tertiary/aromatic N) is 2. The highest BCUT2D eigenvalue weighted by atomic mass is 16.5. The minimum Gasteiger partial charge on any atom is -0.364 e. The van der Waals surface area contributed by atoms with Crippen molar-refractivity contribution in [2.45, 2.75) is 20.0 Å². The molecule has 1 aromatic carbocycles. The summed E-state index contributed by atoms with van der Waals surface area (Å²) in [5.74, 6) is -0.455. The molecule has 0 saturated heterocycles. The van der Waals surface area contributed by atoms with E-state index in [1.54, 1.807) is 0 Å². The van der Waals surface area contributed by atoms with Crippen LogP contribution in [0.3, 0.4) is 0 Å². The molecule has 0 fully saturated rings. The fourth-order valence-electron chi connectivity index (χ4n) is 2.47. The molecule has 0 spiro atoms. The molecule has 0 aliphatic rings. The topological polar surface area (TPSA) is 103 Å². The van der Waals surface area contributed by atoms with Crippen LogP contribution in [0.2, 0.25) is 0 Å². The van der Waals surface area contributed by atoms with Crippen molar-refractivity contribution in [3.63, 3.8) is 0 Å². The predicted octanol–water partition coefficient (Wildman–Crippen LogP) is 1.35. The first-order valence-electron chi connectivity index (χ1n) is 7.11. The standard InChI is InChI=1S/C16H16N4O3/c1-10-8-20(14-5-3-2-4-12(10)14)9-15(21)18-7-11-6-13(16(17)22)19-23-11/h2-6,8H,7,9H2,1H3,(H2,17,22)(H,18,21). The lowest BCUT2D eigenvalue weighted by Gasteiger charge is -2.05. The van der Waals surface area contributed by atoms with Crippen LogP contribution in [0.4, 0.5) is 0 Å². The molecule has 118 valence electrons. The molecule has 2 heterocycles. The molecule has 3 aromatic rings. The number of hydrogen-bond donors (Lipinski definition) is 2. The molecule has 0 aliphatic carbocycles. The van der Waals surface area contributed by atoms with Crippen LogP contribution in [-0.4, -0.2) is 21.5 Å². The Morgan fingerprint density at radius 2 is 2.13 bits per heavy atom. The average molecular weight is 312 g/mol. The van der Waals surface area contributed by atoms with Gasteiger partial charge in [0.15, 0.2) is 11.5 Å². The monoisotopic (exact) mass is 312 g/mol. The van der Waals surface area contributed by atoms with Gasteiger partial charge in [0.25, 0.3) is 5.91 Å². The van der Waals surface area contributed by atoms with Gasteiger partial charge in [-0.25, -0.2) is 0 Å². The number of carbonyl (C=O) groups excluding carboxylic acids is 2. The molecule has 2 amide bonds. The number of benzene rings is 1. The summed E-state index contributed by atoms with van der Waals surface area (Å²) in [7, 11) is 0. The molecule has 2 aromatic heterocycles. The van der Waals surface area contributed by atoms with Crippen molar-refractivity contribution in [1.29, 1.82) is 0 Å². The van der Waals surface area contributed by atoms with Crippen LogP contribution in [0.1, 0.15) is 21.8 Å². The Bertz CT molecular complexity index is 878. The fraction of sp³-hybridized carbons (Fsp3) is 0.188. The lowest BCUT2D eigenvalue weighted by molar-refractivity contribution is -0.121. The fourth-order valence-corrected chi connectivity index (χ4v) is 2.47. The summed E-state index contributed by atoms with van der Waals surface area (Å²) in [6, 6.07) is 9.33. The summed E-state index contributed by atoms with van der Waals surface area (Å²) in [4.78, 5) is 23.0. The minimum atomic E-state index is -0.666. The normalized spacial score (nSPS) is 10.8. The first-order valence-corrected chi connectivity index (χ1v) is 7.11. The molecule has 0 saturated carbocycles. The van der Waals surface area contributed by atoms with E-state index in [0.29, 0.717) is 5.76 Å². The molecule has 0 atom stereocenters. The number of rotatable bonds is 5. The van der Waals surface area contributed by atoms with Gasteiger partial charge in [-0.2, -0.15) is 0 Å².